The van der Waals surface area contributed by atoms with Crippen molar-refractivity contribution in [3.63, 3.8) is 0 Å². The summed E-state index contributed by atoms with van der Waals surface area (Å²) in [5.74, 6) is -0.416. The van der Waals surface area contributed by atoms with Crippen LogP contribution in [0.25, 0.3) is 0 Å². The second-order valence-electron chi connectivity index (χ2n) is 3.46. The number of hydrogen-bond donors (Lipinski definition) is 0. The van der Waals surface area contributed by atoms with Gasteiger partial charge in [-0.2, -0.15) is 0 Å². The minimum atomic E-state index is -0.475. The van der Waals surface area contributed by atoms with E-state index in [0.29, 0.717) is 12.8 Å². The van der Waals surface area contributed by atoms with Gasteiger partial charge in [0.15, 0.2) is 0 Å². The zero-order valence-electron chi connectivity index (χ0n) is 9.03. The van der Waals surface area contributed by atoms with Crippen molar-refractivity contribution < 1.29 is 14.3 Å². The third-order valence-corrected chi connectivity index (χ3v) is 2.39. The van der Waals surface area contributed by atoms with Gasteiger partial charge in [0.2, 0.25) is 5.91 Å². The number of allylic oxidation sites excluding steroid dienone is 2. The van der Waals surface area contributed by atoms with Gasteiger partial charge in [0.25, 0.3) is 0 Å². The lowest BCUT2D eigenvalue weighted by molar-refractivity contribution is -0.147. The number of carbonyl (C=O) groups excluding carboxylic acids is 2. The predicted molar refractivity (Wildman–Crippen MR) is 55.8 cm³/mol. The predicted octanol–water partition coefficient (Wildman–Crippen LogP) is 1.24. The van der Waals surface area contributed by atoms with Crippen LogP contribution in [-0.2, 0) is 14.3 Å². The molecule has 0 aromatic rings. The van der Waals surface area contributed by atoms with Crippen LogP contribution in [0.5, 0.6) is 0 Å². The van der Waals surface area contributed by atoms with E-state index in [1.54, 1.807) is 12.3 Å². The van der Waals surface area contributed by atoms with Crippen LogP contribution < -0.4 is 0 Å². The highest BCUT2D eigenvalue weighted by Crippen LogP contribution is 2.21. The molecule has 1 fully saturated rings. The Morgan fingerprint density at radius 3 is 2.87 bits per heavy atom. The molecule has 1 aliphatic rings. The van der Waals surface area contributed by atoms with Crippen LogP contribution in [0.4, 0.5) is 0 Å². The van der Waals surface area contributed by atoms with Crippen molar-refractivity contribution >= 4 is 11.9 Å². The molecule has 0 bridgehead atoms. The third-order valence-electron chi connectivity index (χ3n) is 2.39. The van der Waals surface area contributed by atoms with Gasteiger partial charge in [0.05, 0.1) is 7.11 Å². The number of esters is 1. The van der Waals surface area contributed by atoms with Gasteiger partial charge in [-0.1, -0.05) is 12.7 Å². The van der Waals surface area contributed by atoms with Gasteiger partial charge in [-0.05, 0) is 18.9 Å². The first-order valence-corrected chi connectivity index (χ1v) is 4.80. The normalized spacial score (nSPS) is 21.7. The number of rotatable bonds is 3. The van der Waals surface area contributed by atoms with Gasteiger partial charge in [0.1, 0.15) is 6.04 Å². The van der Waals surface area contributed by atoms with Crippen molar-refractivity contribution in [2.45, 2.75) is 25.8 Å². The SMILES string of the molecule is C=C/C(C)=C/N1C(=O)CC[C@H]1C(=O)OC. The fourth-order valence-electron chi connectivity index (χ4n) is 1.50. The second kappa shape index (κ2) is 4.77. The molecule has 0 spiro atoms. The van der Waals surface area contributed by atoms with Gasteiger partial charge >= 0.3 is 5.97 Å². The van der Waals surface area contributed by atoms with Crippen LogP contribution in [0, 0.1) is 0 Å². The summed E-state index contributed by atoms with van der Waals surface area (Å²) in [6, 6.07) is -0.475. The number of ether oxygens (including phenoxy) is 1. The molecule has 4 nitrogen and oxygen atoms in total. The Hall–Kier alpha value is -1.58. The first kappa shape index (κ1) is 11.5. The lowest BCUT2D eigenvalue weighted by Crippen LogP contribution is -2.35. The molecule has 1 atom stereocenters. The summed E-state index contributed by atoms with van der Waals surface area (Å²) in [4.78, 5) is 24.3. The lowest BCUT2D eigenvalue weighted by atomic mass is 10.2. The Kier molecular flexibility index (Phi) is 3.66. The molecule has 0 aromatic carbocycles. The van der Waals surface area contributed by atoms with E-state index < -0.39 is 6.04 Å². The number of hydrogen-bond acceptors (Lipinski definition) is 3. The highest BCUT2D eigenvalue weighted by Gasteiger charge is 2.35. The van der Waals surface area contributed by atoms with Gasteiger partial charge in [-0.15, -0.1) is 0 Å². The first-order valence-electron chi connectivity index (χ1n) is 4.80. The average molecular weight is 209 g/mol. The van der Waals surface area contributed by atoms with E-state index in [9.17, 15) is 9.59 Å². The van der Waals surface area contributed by atoms with Crippen molar-refractivity contribution in [3.05, 3.63) is 24.4 Å². The highest BCUT2D eigenvalue weighted by molar-refractivity contribution is 5.89. The summed E-state index contributed by atoms with van der Waals surface area (Å²) >= 11 is 0. The minimum absolute atomic E-state index is 0.0494. The molecule has 1 amide bonds. The lowest BCUT2D eigenvalue weighted by Gasteiger charge is -2.19. The largest absolute Gasteiger partial charge is 0.467 e. The Labute approximate surface area is 89.2 Å². The monoisotopic (exact) mass is 209 g/mol. The summed E-state index contributed by atoms with van der Waals surface area (Å²) in [5, 5.41) is 0. The molecular weight excluding hydrogens is 194 g/mol. The van der Waals surface area contributed by atoms with Crippen molar-refractivity contribution in [3.8, 4) is 0 Å². The van der Waals surface area contributed by atoms with E-state index in [-0.39, 0.29) is 11.9 Å². The quantitative estimate of drug-likeness (QED) is 0.519. The second-order valence-corrected chi connectivity index (χ2v) is 3.46. The number of methoxy groups -OCH3 is 1. The van der Waals surface area contributed by atoms with E-state index in [2.05, 4.69) is 11.3 Å². The maximum Gasteiger partial charge on any atom is 0.328 e. The van der Waals surface area contributed by atoms with Gasteiger partial charge in [-0.25, -0.2) is 4.79 Å². The van der Waals surface area contributed by atoms with Crippen LogP contribution in [0.3, 0.4) is 0 Å². The maximum absolute atomic E-state index is 11.5. The molecule has 1 aliphatic heterocycles. The Bertz CT molecular complexity index is 320. The fraction of sp³-hybridized carbons (Fsp3) is 0.455. The summed E-state index contributed by atoms with van der Waals surface area (Å²) in [7, 11) is 1.33. The van der Waals surface area contributed by atoms with Crippen LogP contribution in [-0.4, -0.2) is 29.9 Å². The molecule has 0 unspecified atom stereocenters. The smallest absolute Gasteiger partial charge is 0.328 e. The zero-order chi connectivity index (χ0) is 11.4. The van der Waals surface area contributed by atoms with E-state index in [4.69, 9.17) is 0 Å². The van der Waals surface area contributed by atoms with Crippen molar-refractivity contribution in [1.29, 1.82) is 0 Å². The average Bonchev–Trinajstić information content (AvgIpc) is 2.59. The molecule has 1 heterocycles. The topological polar surface area (TPSA) is 46.6 Å². The number of nitrogens with zero attached hydrogens (tertiary/aromatic N) is 1. The molecule has 0 aromatic heterocycles. The van der Waals surface area contributed by atoms with Gasteiger partial charge in [-0.3, -0.25) is 4.79 Å². The minimum Gasteiger partial charge on any atom is -0.467 e. The maximum atomic E-state index is 11.5. The van der Waals surface area contributed by atoms with Gasteiger partial charge < -0.3 is 9.64 Å². The van der Waals surface area contributed by atoms with Crippen LogP contribution >= 0.6 is 0 Å². The fourth-order valence-corrected chi connectivity index (χ4v) is 1.50. The number of carbonyl (C=O) groups is 2. The third kappa shape index (κ3) is 2.46. The van der Waals surface area contributed by atoms with E-state index in [1.807, 2.05) is 6.92 Å². The number of likely N-dealkylation sites (tertiary alicyclic amines) is 1. The molecule has 0 radical (unpaired) electrons. The van der Waals surface area contributed by atoms with Crippen LogP contribution in [0.15, 0.2) is 24.4 Å². The zero-order valence-corrected chi connectivity index (χ0v) is 9.03. The first-order chi connectivity index (χ1) is 7.10. The highest BCUT2D eigenvalue weighted by atomic mass is 16.5. The van der Waals surface area contributed by atoms with Crippen LogP contribution in [0.2, 0.25) is 0 Å². The van der Waals surface area contributed by atoms with Crippen molar-refractivity contribution in [2.75, 3.05) is 7.11 Å². The molecule has 82 valence electrons. The molecule has 0 N–H and O–H groups in total. The van der Waals surface area contributed by atoms with E-state index in [1.165, 1.54) is 12.0 Å². The Morgan fingerprint density at radius 2 is 2.33 bits per heavy atom. The molecule has 1 saturated heterocycles. The van der Waals surface area contributed by atoms with Crippen LogP contribution in [0.1, 0.15) is 19.8 Å². The molecular formula is C11H15NO3. The van der Waals surface area contributed by atoms with E-state index >= 15 is 0 Å². The van der Waals surface area contributed by atoms with Gasteiger partial charge in [0, 0.05) is 12.6 Å². The standard InChI is InChI=1S/C11H15NO3/c1-4-8(2)7-12-9(11(14)15-3)5-6-10(12)13/h4,7,9H,1,5-6H2,2-3H3/b8-7+/t9-/m0/s1. The summed E-state index contributed by atoms with van der Waals surface area (Å²) < 4.78 is 4.64. The molecule has 0 aliphatic carbocycles. The summed E-state index contributed by atoms with van der Waals surface area (Å²) in [6.45, 7) is 5.42. The summed E-state index contributed by atoms with van der Waals surface area (Å²) in [5.41, 5.74) is 0.846. The summed E-state index contributed by atoms with van der Waals surface area (Å²) in [6.07, 6.45) is 4.19. The Balaban J connectivity index is 2.86. The Morgan fingerprint density at radius 1 is 1.67 bits per heavy atom. The molecule has 0 saturated carbocycles. The molecule has 4 heteroatoms. The molecule has 15 heavy (non-hydrogen) atoms. The number of amides is 1. The van der Waals surface area contributed by atoms with E-state index in [0.717, 1.165) is 5.57 Å². The van der Waals surface area contributed by atoms with Crippen molar-refractivity contribution in [1.82, 2.24) is 4.90 Å². The van der Waals surface area contributed by atoms with Crippen molar-refractivity contribution in [2.24, 2.45) is 0 Å². The molecule has 1 rings (SSSR count).